The van der Waals surface area contributed by atoms with Gasteiger partial charge in [0.05, 0.1) is 38.9 Å². The Hall–Kier alpha value is -3.43. The minimum absolute atomic E-state index is 0.0181. The number of carboxylic acid groups (broad SMARTS) is 1. The highest BCUT2D eigenvalue weighted by molar-refractivity contribution is 6.04. The molecule has 2 atom stereocenters. The molecule has 34 heavy (non-hydrogen) atoms. The van der Waals surface area contributed by atoms with Crippen molar-refractivity contribution in [2.75, 3.05) is 38.2 Å². The van der Waals surface area contributed by atoms with Gasteiger partial charge in [-0.05, 0) is 35.7 Å². The second-order valence-corrected chi connectivity index (χ2v) is 8.44. The van der Waals surface area contributed by atoms with Crippen molar-refractivity contribution < 1.29 is 29.3 Å². The average Bonchev–Trinajstić information content (AvgIpc) is 2.84. The van der Waals surface area contributed by atoms with Crippen LogP contribution in [-0.2, 0) is 16.0 Å². The number of hydrogen-bond donors (Lipinski definition) is 3. The molecule has 0 spiro atoms. The number of rotatable bonds is 8. The number of hydrogen-bond acceptors (Lipinski definition) is 7. The molecule has 9 nitrogen and oxygen atoms in total. The first-order valence-corrected chi connectivity index (χ1v) is 11.4. The number of fused-ring (bicyclic) bond motifs is 1. The van der Waals surface area contributed by atoms with Crippen molar-refractivity contribution in [1.82, 2.24) is 5.01 Å². The molecule has 0 aromatic heterocycles. The van der Waals surface area contributed by atoms with E-state index in [9.17, 15) is 19.8 Å². The van der Waals surface area contributed by atoms with E-state index in [2.05, 4.69) is 10.4 Å². The van der Waals surface area contributed by atoms with Crippen LogP contribution in [-0.4, -0.2) is 72.3 Å². The highest BCUT2D eigenvalue weighted by Crippen LogP contribution is 2.35. The Morgan fingerprint density at radius 2 is 1.91 bits per heavy atom. The molecule has 2 unspecified atom stereocenters. The Morgan fingerprint density at radius 3 is 2.62 bits per heavy atom. The third-order valence-electron chi connectivity index (χ3n) is 5.99. The number of aliphatic carboxylic acids is 1. The fourth-order valence-corrected chi connectivity index (χ4v) is 4.17. The molecule has 4 rings (SSSR count). The van der Waals surface area contributed by atoms with Gasteiger partial charge < -0.3 is 25.0 Å². The smallest absolute Gasteiger partial charge is 0.303 e. The Morgan fingerprint density at radius 1 is 1.15 bits per heavy atom. The second-order valence-electron chi connectivity index (χ2n) is 8.44. The fraction of sp³-hybridized carbons (Fsp3) is 0.400. The van der Waals surface area contributed by atoms with Crippen molar-refractivity contribution in [3.8, 4) is 5.75 Å². The zero-order chi connectivity index (χ0) is 23.9. The Kier molecular flexibility index (Phi) is 7.76. The largest absolute Gasteiger partial charge is 0.490 e. The van der Waals surface area contributed by atoms with Gasteiger partial charge in [-0.25, -0.2) is 0 Å². The summed E-state index contributed by atoms with van der Waals surface area (Å²) in [6.45, 7) is 2.80. The van der Waals surface area contributed by atoms with E-state index in [1.807, 2.05) is 23.2 Å². The summed E-state index contributed by atoms with van der Waals surface area (Å²) in [7, 11) is 0. The topological polar surface area (TPSA) is 121 Å². The van der Waals surface area contributed by atoms with Crippen molar-refractivity contribution in [2.24, 2.45) is 11.0 Å². The zero-order valence-corrected chi connectivity index (χ0v) is 18.9. The number of nitrogens with one attached hydrogen (secondary N) is 1. The van der Waals surface area contributed by atoms with Gasteiger partial charge in [-0.3, -0.25) is 14.6 Å². The molecule has 2 aromatic carbocycles. The monoisotopic (exact) mass is 467 g/mol. The van der Waals surface area contributed by atoms with E-state index in [1.165, 1.54) is 0 Å². The molecule has 180 valence electrons. The van der Waals surface area contributed by atoms with Crippen molar-refractivity contribution in [1.29, 1.82) is 0 Å². The minimum Gasteiger partial charge on any atom is -0.490 e. The molecule has 1 amide bonds. The fourth-order valence-electron chi connectivity index (χ4n) is 4.17. The predicted molar refractivity (Wildman–Crippen MR) is 126 cm³/mol. The summed E-state index contributed by atoms with van der Waals surface area (Å²) < 4.78 is 11.3. The van der Waals surface area contributed by atoms with Gasteiger partial charge in [-0.2, -0.15) is 5.10 Å². The van der Waals surface area contributed by atoms with Crippen molar-refractivity contribution >= 4 is 23.8 Å². The SMILES string of the molecule is O=C(O)CC1Cc2ccc(NC(=O)c3ccc(C=NN4CCOCC4)cc3)cc2OC1CCO. The number of ether oxygens (including phenoxy) is 2. The van der Waals surface area contributed by atoms with Crippen LogP contribution in [0.15, 0.2) is 47.6 Å². The van der Waals surface area contributed by atoms with Gasteiger partial charge in [0.15, 0.2) is 0 Å². The van der Waals surface area contributed by atoms with Crippen LogP contribution in [0.3, 0.4) is 0 Å². The molecule has 1 fully saturated rings. The standard InChI is InChI=1S/C25H29N3O6/c29-10-7-22-20(14-24(30)31)13-19-5-6-21(15-23(19)34-22)27-25(32)18-3-1-17(2-4-18)16-26-28-8-11-33-12-9-28/h1-6,15-16,20,22,29H,7-14H2,(H,27,32)(H,30,31). The molecule has 0 aliphatic carbocycles. The molecule has 0 saturated carbocycles. The highest BCUT2D eigenvalue weighted by atomic mass is 16.5. The molecule has 1 saturated heterocycles. The summed E-state index contributed by atoms with van der Waals surface area (Å²) in [4.78, 5) is 23.9. The number of carboxylic acids is 1. The van der Waals surface area contributed by atoms with Gasteiger partial charge in [0.25, 0.3) is 5.91 Å². The lowest BCUT2D eigenvalue weighted by molar-refractivity contribution is -0.139. The van der Waals surface area contributed by atoms with Gasteiger partial charge in [-0.15, -0.1) is 0 Å². The molecule has 3 N–H and O–H groups in total. The lowest BCUT2D eigenvalue weighted by atomic mass is 9.86. The lowest BCUT2D eigenvalue weighted by Crippen LogP contribution is -2.35. The first-order valence-electron chi connectivity index (χ1n) is 11.4. The summed E-state index contributed by atoms with van der Waals surface area (Å²) in [6.07, 6.45) is 2.28. The number of hydrazone groups is 1. The predicted octanol–water partition coefficient (Wildman–Crippen LogP) is 2.38. The minimum atomic E-state index is -0.887. The molecule has 0 radical (unpaired) electrons. The van der Waals surface area contributed by atoms with Crippen LogP contribution in [0.2, 0.25) is 0 Å². The molecular formula is C25H29N3O6. The van der Waals surface area contributed by atoms with Crippen LogP contribution in [0.5, 0.6) is 5.75 Å². The number of morpholine rings is 1. The van der Waals surface area contributed by atoms with Gasteiger partial charge >= 0.3 is 5.97 Å². The van der Waals surface area contributed by atoms with E-state index in [1.54, 1.807) is 30.5 Å². The van der Waals surface area contributed by atoms with Gasteiger partial charge in [0, 0.05) is 36.3 Å². The van der Waals surface area contributed by atoms with Gasteiger partial charge in [0.1, 0.15) is 11.9 Å². The highest BCUT2D eigenvalue weighted by Gasteiger charge is 2.31. The average molecular weight is 468 g/mol. The maximum Gasteiger partial charge on any atom is 0.303 e. The van der Waals surface area contributed by atoms with Gasteiger partial charge in [-0.1, -0.05) is 18.2 Å². The molecule has 2 aromatic rings. The lowest BCUT2D eigenvalue weighted by Gasteiger charge is -2.33. The van der Waals surface area contributed by atoms with Gasteiger partial charge in [0.2, 0.25) is 0 Å². The van der Waals surface area contributed by atoms with Crippen LogP contribution < -0.4 is 10.1 Å². The summed E-state index contributed by atoms with van der Waals surface area (Å²) in [5, 5.41) is 27.8. The van der Waals surface area contributed by atoms with E-state index in [-0.39, 0.29) is 31.0 Å². The van der Waals surface area contributed by atoms with Crippen LogP contribution in [0, 0.1) is 5.92 Å². The van der Waals surface area contributed by atoms with Crippen LogP contribution in [0.4, 0.5) is 5.69 Å². The quantitative estimate of drug-likeness (QED) is 0.510. The maximum absolute atomic E-state index is 12.7. The Bertz CT molecular complexity index is 1030. The third kappa shape index (κ3) is 6.12. The third-order valence-corrected chi connectivity index (χ3v) is 5.99. The van der Waals surface area contributed by atoms with E-state index in [0.717, 1.165) is 24.2 Å². The van der Waals surface area contributed by atoms with E-state index >= 15 is 0 Å². The first kappa shape index (κ1) is 23.7. The second kappa shape index (κ2) is 11.1. The van der Waals surface area contributed by atoms with E-state index in [4.69, 9.17) is 9.47 Å². The van der Waals surface area contributed by atoms with E-state index < -0.39 is 5.97 Å². The van der Waals surface area contributed by atoms with E-state index in [0.29, 0.717) is 43.1 Å². The maximum atomic E-state index is 12.7. The molecule has 2 aliphatic heterocycles. The summed E-state index contributed by atoms with van der Waals surface area (Å²) in [5.41, 5.74) is 2.89. The van der Waals surface area contributed by atoms with Crippen LogP contribution in [0.1, 0.15) is 34.3 Å². The number of nitrogens with zero attached hydrogens (tertiary/aromatic N) is 2. The Balaban J connectivity index is 1.39. The van der Waals surface area contributed by atoms with Crippen molar-refractivity contribution in [3.63, 3.8) is 0 Å². The van der Waals surface area contributed by atoms with Crippen molar-refractivity contribution in [2.45, 2.75) is 25.4 Å². The number of carbonyl (C=O) groups is 2. The number of anilines is 1. The summed E-state index contributed by atoms with van der Waals surface area (Å²) in [6, 6.07) is 12.6. The first-order chi connectivity index (χ1) is 16.5. The molecule has 2 aliphatic rings. The molecular weight excluding hydrogens is 438 g/mol. The van der Waals surface area contributed by atoms with Crippen LogP contribution in [0.25, 0.3) is 0 Å². The number of carbonyl (C=O) groups excluding carboxylic acids is 1. The number of amides is 1. The van der Waals surface area contributed by atoms with Crippen LogP contribution >= 0.6 is 0 Å². The summed E-state index contributed by atoms with van der Waals surface area (Å²) >= 11 is 0. The van der Waals surface area contributed by atoms with Crippen molar-refractivity contribution in [3.05, 3.63) is 59.2 Å². The summed E-state index contributed by atoms with van der Waals surface area (Å²) in [5.74, 6) is -0.735. The number of aliphatic hydroxyl groups is 1. The number of aliphatic hydroxyl groups excluding tert-OH is 1. The molecule has 2 heterocycles. The molecule has 0 bridgehead atoms. The number of benzene rings is 2. The molecule has 9 heteroatoms. The zero-order valence-electron chi connectivity index (χ0n) is 18.9. The Labute approximate surface area is 198 Å². The normalized spacial score (nSPS) is 20.0.